The summed E-state index contributed by atoms with van der Waals surface area (Å²) in [5, 5.41) is 3.33. The Balaban J connectivity index is 2.15. The Morgan fingerprint density at radius 3 is 2.71 bits per heavy atom. The molecule has 0 aliphatic carbocycles. The van der Waals surface area contributed by atoms with Crippen LogP contribution in [0.15, 0.2) is 36.8 Å². The van der Waals surface area contributed by atoms with Gasteiger partial charge in [-0.2, -0.15) is 0 Å². The van der Waals surface area contributed by atoms with Crippen LogP contribution in [0.1, 0.15) is 12.5 Å². The topological polar surface area (TPSA) is 29.9 Å². The predicted molar refractivity (Wildman–Crippen MR) is 70.9 cm³/mol. The second-order valence-electron chi connectivity index (χ2n) is 4.19. The first-order valence-electron chi connectivity index (χ1n) is 6.09. The molecule has 17 heavy (non-hydrogen) atoms. The molecule has 0 fully saturated rings. The SMILES string of the molecule is CCNCCn1cncc1-c1ccc(C)cc1. The fourth-order valence-corrected chi connectivity index (χ4v) is 1.84. The average molecular weight is 229 g/mol. The molecular formula is C14H19N3. The van der Waals surface area contributed by atoms with E-state index in [1.54, 1.807) is 0 Å². The normalized spacial score (nSPS) is 10.7. The van der Waals surface area contributed by atoms with Gasteiger partial charge >= 0.3 is 0 Å². The Bertz CT molecular complexity index is 457. The Kier molecular flexibility index (Phi) is 3.94. The number of rotatable bonds is 5. The van der Waals surface area contributed by atoms with Crippen LogP contribution in [0.25, 0.3) is 11.3 Å². The highest BCUT2D eigenvalue weighted by atomic mass is 15.1. The lowest BCUT2D eigenvalue weighted by molar-refractivity contribution is 0.616. The summed E-state index contributed by atoms with van der Waals surface area (Å²) in [5.41, 5.74) is 3.69. The Labute approximate surface area is 103 Å². The zero-order chi connectivity index (χ0) is 12.1. The smallest absolute Gasteiger partial charge is 0.0951 e. The molecule has 90 valence electrons. The van der Waals surface area contributed by atoms with Crippen molar-refractivity contribution in [2.75, 3.05) is 13.1 Å². The molecular weight excluding hydrogens is 210 g/mol. The number of benzene rings is 1. The third-order valence-corrected chi connectivity index (χ3v) is 2.84. The van der Waals surface area contributed by atoms with Gasteiger partial charge in [0.05, 0.1) is 18.2 Å². The van der Waals surface area contributed by atoms with Gasteiger partial charge in [0, 0.05) is 13.1 Å². The molecule has 2 aromatic rings. The number of hydrogen-bond acceptors (Lipinski definition) is 2. The van der Waals surface area contributed by atoms with Crippen LogP contribution in [0.2, 0.25) is 0 Å². The first-order chi connectivity index (χ1) is 8.31. The average Bonchev–Trinajstić information content (AvgIpc) is 2.79. The number of aromatic nitrogens is 2. The summed E-state index contributed by atoms with van der Waals surface area (Å²) in [5.74, 6) is 0. The lowest BCUT2D eigenvalue weighted by Gasteiger charge is -2.08. The van der Waals surface area contributed by atoms with Gasteiger partial charge in [0.1, 0.15) is 0 Å². The second-order valence-corrected chi connectivity index (χ2v) is 4.19. The first-order valence-corrected chi connectivity index (χ1v) is 6.09. The van der Waals surface area contributed by atoms with Crippen molar-refractivity contribution < 1.29 is 0 Å². The van der Waals surface area contributed by atoms with Crippen LogP contribution in [0.3, 0.4) is 0 Å². The molecule has 0 saturated heterocycles. The highest BCUT2D eigenvalue weighted by molar-refractivity contribution is 5.59. The molecule has 1 heterocycles. The highest BCUT2D eigenvalue weighted by Gasteiger charge is 2.03. The minimum Gasteiger partial charge on any atom is -0.329 e. The van der Waals surface area contributed by atoms with Crippen molar-refractivity contribution in [3.05, 3.63) is 42.4 Å². The quantitative estimate of drug-likeness (QED) is 0.798. The van der Waals surface area contributed by atoms with Crippen LogP contribution in [0, 0.1) is 6.92 Å². The lowest BCUT2D eigenvalue weighted by atomic mass is 10.1. The maximum atomic E-state index is 4.23. The number of hydrogen-bond donors (Lipinski definition) is 1. The first kappa shape index (κ1) is 11.9. The van der Waals surface area contributed by atoms with Crippen molar-refractivity contribution in [3.63, 3.8) is 0 Å². The van der Waals surface area contributed by atoms with E-state index in [-0.39, 0.29) is 0 Å². The Hall–Kier alpha value is -1.61. The second kappa shape index (κ2) is 5.64. The molecule has 0 aliphatic rings. The van der Waals surface area contributed by atoms with Crippen molar-refractivity contribution >= 4 is 0 Å². The molecule has 0 unspecified atom stereocenters. The van der Waals surface area contributed by atoms with Crippen LogP contribution >= 0.6 is 0 Å². The maximum absolute atomic E-state index is 4.23. The fourth-order valence-electron chi connectivity index (χ4n) is 1.84. The van der Waals surface area contributed by atoms with E-state index in [1.807, 2.05) is 12.5 Å². The molecule has 3 nitrogen and oxygen atoms in total. The third-order valence-electron chi connectivity index (χ3n) is 2.84. The molecule has 0 amide bonds. The maximum Gasteiger partial charge on any atom is 0.0951 e. The van der Waals surface area contributed by atoms with E-state index in [1.165, 1.54) is 16.8 Å². The molecule has 2 rings (SSSR count). The van der Waals surface area contributed by atoms with Gasteiger partial charge in [-0.1, -0.05) is 36.8 Å². The number of nitrogens with zero attached hydrogens (tertiary/aromatic N) is 2. The molecule has 0 radical (unpaired) electrons. The largest absolute Gasteiger partial charge is 0.329 e. The lowest BCUT2D eigenvalue weighted by Crippen LogP contribution is -2.19. The molecule has 0 atom stereocenters. The molecule has 0 bridgehead atoms. The highest BCUT2D eigenvalue weighted by Crippen LogP contribution is 2.19. The third kappa shape index (κ3) is 2.94. The molecule has 0 spiro atoms. The standard InChI is InChI=1S/C14H19N3/c1-3-15-8-9-17-11-16-10-14(17)13-6-4-12(2)5-7-13/h4-7,10-11,15H,3,8-9H2,1-2H3. The van der Waals surface area contributed by atoms with Crippen molar-refractivity contribution in [2.24, 2.45) is 0 Å². The number of imidazole rings is 1. The summed E-state index contributed by atoms with van der Waals surface area (Å²) >= 11 is 0. The Morgan fingerprint density at radius 2 is 2.00 bits per heavy atom. The molecule has 3 heteroatoms. The van der Waals surface area contributed by atoms with Crippen molar-refractivity contribution in [3.8, 4) is 11.3 Å². The Morgan fingerprint density at radius 1 is 1.24 bits per heavy atom. The molecule has 0 aliphatic heterocycles. The van der Waals surface area contributed by atoms with E-state index in [4.69, 9.17) is 0 Å². The minimum absolute atomic E-state index is 0.955. The van der Waals surface area contributed by atoms with Crippen LogP contribution in [0.5, 0.6) is 0 Å². The van der Waals surface area contributed by atoms with Gasteiger partial charge in [-0.05, 0) is 19.0 Å². The fraction of sp³-hybridized carbons (Fsp3) is 0.357. The zero-order valence-electron chi connectivity index (χ0n) is 10.5. The minimum atomic E-state index is 0.955. The predicted octanol–water partition coefficient (Wildman–Crippen LogP) is 2.47. The van der Waals surface area contributed by atoms with Gasteiger partial charge in [-0.3, -0.25) is 0 Å². The van der Waals surface area contributed by atoms with E-state index in [2.05, 4.69) is 53.0 Å². The van der Waals surface area contributed by atoms with Gasteiger partial charge in [0.15, 0.2) is 0 Å². The van der Waals surface area contributed by atoms with E-state index in [0.29, 0.717) is 0 Å². The van der Waals surface area contributed by atoms with Crippen molar-refractivity contribution in [2.45, 2.75) is 20.4 Å². The van der Waals surface area contributed by atoms with Gasteiger partial charge in [-0.15, -0.1) is 0 Å². The summed E-state index contributed by atoms with van der Waals surface area (Å²) in [6.07, 6.45) is 3.82. The zero-order valence-corrected chi connectivity index (χ0v) is 10.5. The van der Waals surface area contributed by atoms with E-state index >= 15 is 0 Å². The van der Waals surface area contributed by atoms with Crippen LogP contribution in [-0.4, -0.2) is 22.6 Å². The molecule has 1 aromatic carbocycles. The summed E-state index contributed by atoms with van der Waals surface area (Å²) in [6.45, 7) is 7.17. The summed E-state index contributed by atoms with van der Waals surface area (Å²) in [7, 11) is 0. The van der Waals surface area contributed by atoms with Gasteiger partial charge in [-0.25, -0.2) is 4.98 Å². The van der Waals surface area contributed by atoms with E-state index < -0.39 is 0 Å². The van der Waals surface area contributed by atoms with E-state index in [9.17, 15) is 0 Å². The monoisotopic (exact) mass is 229 g/mol. The van der Waals surface area contributed by atoms with Crippen molar-refractivity contribution in [1.82, 2.24) is 14.9 Å². The number of aryl methyl sites for hydroxylation is 1. The van der Waals surface area contributed by atoms with Crippen LogP contribution in [0.4, 0.5) is 0 Å². The molecule has 0 saturated carbocycles. The summed E-state index contributed by atoms with van der Waals surface area (Å²) in [6, 6.07) is 8.57. The number of nitrogens with one attached hydrogen (secondary N) is 1. The number of likely N-dealkylation sites (N-methyl/N-ethyl adjacent to an activating group) is 1. The molecule has 1 aromatic heterocycles. The summed E-state index contributed by atoms with van der Waals surface area (Å²) < 4.78 is 2.19. The summed E-state index contributed by atoms with van der Waals surface area (Å²) in [4.78, 5) is 4.23. The van der Waals surface area contributed by atoms with Crippen LogP contribution in [-0.2, 0) is 6.54 Å². The molecule has 1 N–H and O–H groups in total. The van der Waals surface area contributed by atoms with Crippen molar-refractivity contribution in [1.29, 1.82) is 0 Å². The van der Waals surface area contributed by atoms with Gasteiger partial charge < -0.3 is 9.88 Å². The van der Waals surface area contributed by atoms with Gasteiger partial charge in [0.2, 0.25) is 0 Å². The van der Waals surface area contributed by atoms with E-state index in [0.717, 1.165) is 19.6 Å². The van der Waals surface area contributed by atoms with Crippen LogP contribution < -0.4 is 5.32 Å². The van der Waals surface area contributed by atoms with Gasteiger partial charge in [0.25, 0.3) is 0 Å².